The number of nitrogens with zero attached hydrogens (tertiary/aromatic N) is 2. The molecule has 0 aromatic carbocycles. The van der Waals surface area contributed by atoms with Crippen molar-refractivity contribution in [3.8, 4) is 10.6 Å². The number of thiazole rings is 1. The smallest absolute Gasteiger partial charge is 0.357 e. The van der Waals surface area contributed by atoms with Crippen LogP contribution in [-0.4, -0.2) is 22.5 Å². The normalized spacial score (nSPS) is 10.8. The zero-order valence-electron chi connectivity index (χ0n) is 10.1. The van der Waals surface area contributed by atoms with E-state index in [1.807, 2.05) is 17.5 Å². The molecule has 3 heterocycles. The third-order valence-electron chi connectivity index (χ3n) is 2.54. The van der Waals surface area contributed by atoms with Gasteiger partial charge in [0.25, 0.3) is 0 Å². The number of aromatic nitrogens is 2. The molecule has 0 atom stereocenters. The van der Waals surface area contributed by atoms with Crippen LogP contribution in [0.2, 0.25) is 0 Å². The minimum Gasteiger partial charge on any atom is -0.461 e. The predicted octanol–water partition coefficient (Wildman–Crippen LogP) is 3.60. The van der Waals surface area contributed by atoms with E-state index < -0.39 is 0 Å². The molecule has 0 saturated carbocycles. The standard InChI is InChI=1S/C13H10N2O2S2/c1-2-17-13(16)10-7-19-12(15-10)8-5-11-9(14-6-8)3-4-18-11/h3-7H,2H2,1H3. The fourth-order valence-electron chi connectivity index (χ4n) is 1.67. The maximum absolute atomic E-state index is 11.6. The van der Waals surface area contributed by atoms with Gasteiger partial charge in [-0.25, -0.2) is 9.78 Å². The fraction of sp³-hybridized carbons (Fsp3) is 0.154. The summed E-state index contributed by atoms with van der Waals surface area (Å²) in [6.45, 7) is 2.13. The van der Waals surface area contributed by atoms with Crippen molar-refractivity contribution in [3.05, 3.63) is 34.8 Å². The summed E-state index contributed by atoms with van der Waals surface area (Å²) in [5, 5.41) is 4.50. The monoisotopic (exact) mass is 290 g/mol. The summed E-state index contributed by atoms with van der Waals surface area (Å²) in [6, 6.07) is 4.02. The molecule has 0 aliphatic carbocycles. The van der Waals surface area contributed by atoms with E-state index in [9.17, 15) is 4.79 Å². The van der Waals surface area contributed by atoms with Crippen LogP contribution in [0.25, 0.3) is 20.8 Å². The second kappa shape index (κ2) is 5.07. The summed E-state index contributed by atoms with van der Waals surface area (Å²) < 4.78 is 6.04. The molecule has 0 saturated heterocycles. The van der Waals surface area contributed by atoms with Gasteiger partial charge in [-0.1, -0.05) is 0 Å². The number of esters is 1. The van der Waals surface area contributed by atoms with Crippen LogP contribution >= 0.6 is 22.7 Å². The number of rotatable bonds is 3. The number of ether oxygens (including phenoxy) is 1. The maximum Gasteiger partial charge on any atom is 0.357 e. The van der Waals surface area contributed by atoms with Crippen molar-refractivity contribution in [3.63, 3.8) is 0 Å². The fourth-order valence-corrected chi connectivity index (χ4v) is 3.22. The Hall–Kier alpha value is -1.79. The molecule has 0 spiro atoms. The average molecular weight is 290 g/mol. The topological polar surface area (TPSA) is 52.1 Å². The molecule has 0 aliphatic heterocycles. The van der Waals surface area contributed by atoms with Crippen LogP contribution in [0.15, 0.2) is 29.1 Å². The summed E-state index contributed by atoms with van der Waals surface area (Å²) in [5.41, 5.74) is 2.26. The Labute approximate surface area is 117 Å². The van der Waals surface area contributed by atoms with Crippen LogP contribution < -0.4 is 0 Å². The molecule has 6 heteroatoms. The van der Waals surface area contributed by atoms with Gasteiger partial charge in [-0.05, 0) is 24.4 Å². The van der Waals surface area contributed by atoms with Crippen molar-refractivity contribution in [2.45, 2.75) is 6.92 Å². The van der Waals surface area contributed by atoms with Crippen LogP contribution in [-0.2, 0) is 4.74 Å². The number of hydrogen-bond donors (Lipinski definition) is 0. The quantitative estimate of drug-likeness (QED) is 0.692. The minimum atomic E-state index is -0.379. The number of carbonyl (C=O) groups is 1. The molecule has 3 aromatic heterocycles. The lowest BCUT2D eigenvalue weighted by Crippen LogP contribution is -2.04. The first-order chi connectivity index (χ1) is 9.28. The lowest BCUT2D eigenvalue weighted by Gasteiger charge is -1.97. The number of carbonyl (C=O) groups excluding carboxylic acids is 1. The maximum atomic E-state index is 11.6. The molecule has 0 fully saturated rings. The summed E-state index contributed by atoms with van der Waals surface area (Å²) >= 11 is 3.06. The van der Waals surface area contributed by atoms with Gasteiger partial charge >= 0.3 is 5.97 Å². The van der Waals surface area contributed by atoms with E-state index in [1.54, 1.807) is 29.8 Å². The van der Waals surface area contributed by atoms with E-state index in [1.165, 1.54) is 11.3 Å². The van der Waals surface area contributed by atoms with Gasteiger partial charge < -0.3 is 4.74 Å². The van der Waals surface area contributed by atoms with Crippen molar-refractivity contribution >= 4 is 38.9 Å². The summed E-state index contributed by atoms with van der Waals surface area (Å²) in [4.78, 5) is 20.2. The molecular formula is C13H10N2O2S2. The lowest BCUT2D eigenvalue weighted by atomic mass is 10.3. The van der Waals surface area contributed by atoms with E-state index >= 15 is 0 Å². The van der Waals surface area contributed by atoms with Gasteiger partial charge in [0.15, 0.2) is 5.69 Å². The highest BCUT2D eigenvalue weighted by Gasteiger charge is 2.13. The molecule has 0 unspecified atom stereocenters. The summed E-state index contributed by atoms with van der Waals surface area (Å²) in [6.07, 6.45) is 1.78. The van der Waals surface area contributed by atoms with Gasteiger partial charge in [0.1, 0.15) is 5.01 Å². The molecular weight excluding hydrogens is 280 g/mol. The van der Waals surface area contributed by atoms with Gasteiger partial charge in [-0.2, -0.15) is 0 Å². The summed E-state index contributed by atoms with van der Waals surface area (Å²) in [5.74, 6) is -0.379. The minimum absolute atomic E-state index is 0.355. The molecule has 0 N–H and O–H groups in total. The molecule has 0 aliphatic rings. The SMILES string of the molecule is CCOC(=O)c1csc(-c2cnc3ccsc3c2)n1. The molecule has 0 bridgehead atoms. The van der Waals surface area contributed by atoms with Crippen LogP contribution in [0.3, 0.4) is 0 Å². The lowest BCUT2D eigenvalue weighted by molar-refractivity contribution is 0.0520. The van der Waals surface area contributed by atoms with Crippen molar-refractivity contribution in [2.24, 2.45) is 0 Å². The van der Waals surface area contributed by atoms with Gasteiger partial charge in [-0.3, -0.25) is 4.98 Å². The first kappa shape index (κ1) is 12.3. The number of pyridine rings is 1. The zero-order valence-corrected chi connectivity index (χ0v) is 11.8. The Morgan fingerprint density at radius 2 is 2.32 bits per heavy atom. The van der Waals surface area contributed by atoms with E-state index in [0.717, 1.165) is 20.8 Å². The van der Waals surface area contributed by atoms with Crippen molar-refractivity contribution in [2.75, 3.05) is 6.61 Å². The third kappa shape index (κ3) is 2.36. The number of thiophene rings is 1. The molecule has 3 rings (SSSR count). The Morgan fingerprint density at radius 3 is 3.16 bits per heavy atom. The van der Waals surface area contributed by atoms with Crippen LogP contribution in [0.4, 0.5) is 0 Å². The van der Waals surface area contributed by atoms with E-state index in [4.69, 9.17) is 4.74 Å². The zero-order chi connectivity index (χ0) is 13.2. The van der Waals surface area contributed by atoms with Gasteiger partial charge in [0.05, 0.1) is 16.8 Å². The second-order valence-electron chi connectivity index (χ2n) is 3.79. The second-order valence-corrected chi connectivity index (χ2v) is 5.59. The van der Waals surface area contributed by atoms with E-state index in [0.29, 0.717) is 12.3 Å². The Balaban J connectivity index is 1.95. The molecule has 4 nitrogen and oxygen atoms in total. The van der Waals surface area contributed by atoms with Crippen LogP contribution in [0, 0.1) is 0 Å². The highest BCUT2D eigenvalue weighted by Crippen LogP contribution is 2.28. The van der Waals surface area contributed by atoms with Crippen molar-refractivity contribution < 1.29 is 9.53 Å². The molecule has 96 valence electrons. The Morgan fingerprint density at radius 1 is 1.42 bits per heavy atom. The van der Waals surface area contributed by atoms with Gasteiger partial charge in [-0.15, -0.1) is 22.7 Å². The third-order valence-corrected chi connectivity index (χ3v) is 4.28. The Bertz CT molecular complexity index is 733. The molecule has 3 aromatic rings. The first-order valence-electron chi connectivity index (χ1n) is 5.74. The van der Waals surface area contributed by atoms with Crippen LogP contribution in [0.1, 0.15) is 17.4 Å². The highest BCUT2D eigenvalue weighted by molar-refractivity contribution is 7.17. The number of fused-ring (bicyclic) bond motifs is 1. The van der Waals surface area contributed by atoms with Crippen molar-refractivity contribution in [1.82, 2.24) is 9.97 Å². The number of hydrogen-bond acceptors (Lipinski definition) is 6. The first-order valence-corrected chi connectivity index (χ1v) is 7.50. The van der Waals surface area contributed by atoms with Crippen LogP contribution in [0.5, 0.6) is 0 Å². The molecule has 0 amide bonds. The van der Waals surface area contributed by atoms with Crippen molar-refractivity contribution in [1.29, 1.82) is 0 Å². The Kier molecular flexibility index (Phi) is 3.27. The molecule has 19 heavy (non-hydrogen) atoms. The van der Waals surface area contributed by atoms with Gasteiger partial charge in [0, 0.05) is 17.1 Å². The van der Waals surface area contributed by atoms with Gasteiger partial charge in [0.2, 0.25) is 0 Å². The van der Waals surface area contributed by atoms with E-state index in [-0.39, 0.29) is 5.97 Å². The molecule has 0 radical (unpaired) electrons. The van der Waals surface area contributed by atoms with E-state index in [2.05, 4.69) is 9.97 Å². The summed E-state index contributed by atoms with van der Waals surface area (Å²) in [7, 11) is 0. The largest absolute Gasteiger partial charge is 0.461 e. The highest BCUT2D eigenvalue weighted by atomic mass is 32.1. The average Bonchev–Trinajstić information content (AvgIpc) is 3.07. The predicted molar refractivity (Wildman–Crippen MR) is 76.7 cm³/mol.